The van der Waals surface area contributed by atoms with E-state index < -0.39 is 20.3 Å². The summed E-state index contributed by atoms with van der Waals surface area (Å²) < 4.78 is 30.5. The van der Waals surface area contributed by atoms with E-state index in [9.17, 15) is 14.3 Å². The summed E-state index contributed by atoms with van der Waals surface area (Å²) in [5.74, 6) is 0.145. The highest BCUT2D eigenvalue weighted by molar-refractivity contribution is 7.47. The molecule has 3 atom stereocenters. The van der Waals surface area contributed by atoms with Crippen LogP contribution in [0.1, 0.15) is 47.5 Å². The van der Waals surface area contributed by atoms with Gasteiger partial charge >= 0.3 is 14.0 Å². The Balaban J connectivity index is 4.11. The molecule has 20 heavy (non-hydrogen) atoms. The fraction of sp³-hybridized carbons (Fsp3) is 0.917. The van der Waals surface area contributed by atoms with Gasteiger partial charge in [0.25, 0.3) is 0 Å². The molecule has 0 bridgehead atoms. The molecule has 0 radical (unpaired) electrons. The zero-order valence-electron chi connectivity index (χ0n) is 12.7. The highest BCUT2D eigenvalue weighted by atomic mass is 31.2. The molecule has 0 fully saturated rings. The maximum atomic E-state index is 11.6. The molecule has 0 aromatic heterocycles. The van der Waals surface area contributed by atoms with Crippen molar-refractivity contribution in [2.75, 3.05) is 6.61 Å². The molecular formula is C12H25O7P. The first kappa shape index (κ1) is 19.4. The third-order valence-corrected chi connectivity index (χ3v) is 3.22. The highest BCUT2D eigenvalue weighted by Crippen LogP contribution is 2.45. The maximum Gasteiger partial charge on any atom is 0.510 e. The van der Waals surface area contributed by atoms with Crippen LogP contribution in [0.4, 0.5) is 4.79 Å². The predicted octanol–water partition coefficient (Wildman–Crippen LogP) is 3.46. The Hall–Kier alpha value is -0.620. The molecule has 0 saturated heterocycles. The Bertz CT molecular complexity index is 332. The van der Waals surface area contributed by atoms with Gasteiger partial charge in [-0.1, -0.05) is 20.3 Å². The lowest BCUT2D eigenvalue weighted by Gasteiger charge is -2.19. The average Bonchev–Trinajstić information content (AvgIpc) is 2.24. The largest absolute Gasteiger partial charge is 0.510 e. The summed E-state index contributed by atoms with van der Waals surface area (Å²) in [6.07, 6.45) is -0.707. The molecule has 0 spiro atoms. The van der Waals surface area contributed by atoms with Gasteiger partial charge in [-0.05, 0) is 33.1 Å². The molecule has 0 rings (SSSR count). The minimum Gasteiger partial charge on any atom is -0.432 e. The van der Waals surface area contributed by atoms with Gasteiger partial charge in [0.15, 0.2) is 0 Å². The van der Waals surface area contributed by atoms with Crippen molar-refractivity contribution >= 4 is 14.0 Å². The Kier molecular flexibility index (Phi) is 9.05. The third kappa shape index (κ3) is 10.2. The summed E-state index contributed by atoms with van der Waals surface area (Å²) in [6, 6.07) is 0. The fourth-order valence-corrected chi connectivity index (χ4v) is 2.31. The van der Waals surface area contributed by atoms with Crippen LogP contribution in [0, 0.1) is 5.92 Å². The molecule has 0 saturated carbocycles. The van der Waals surface area contributed by atoms with E-state index in [2.05, 4.69) is 9.26 Å². The Morgan fingerprint density at radius 3 is 2.30 bits per heavy atom. The predicted molar refractivity (Wildman–Crippen MR) is 73.1 cm³/mol. The van der Waals surface area contributed by atoms with E-state index in [1.54, 1.807) is 13.8 Å². The zero-order valence-corrected chi connectivity index (χ0v) is 13.6. The molecule has 3 unspecified atom stereocenters. The van der Waals surface area contributed by atoms with E-state index in [1.165, 1.54) is 6.92 Å². The SMILES string of the molecule is CCCC(C)COP(=O)(O)OC(C)OC(=O)OC(C)C. The normalized spacial score (nSPS) is 17.4. The minimum absolute atomic E-state index is 0.102. The first-order valence-electron chi connectivity index (χ1n) is 6.69. The Labute approximate surface area is 120 Å². The Morgan fingerprint density at radius 1 is 1.20 bits per heavy atom. The smallest absolute Gasteiger partial charge is 0.432 e. The second kappa shape index (κ2) is 9.34. The molecule has 0 aromatic rings. The van der Waals surface area contributed by atoms with E-state index >= 15 is 0 Å². The third-order valence-electron chi connectivity index (χ3n) is 2.18. The molecule has 0 aliphatic heterocycles. The summed E-state index contributed by atoms with van der Waals surface area (Å²) in [6.45, 7) is 8.64. The molecule has 0 aliphatic rings. The van der Waals surface area contributed by atoms with Gasteiger partial charge in [-0.25, -0.2) is 13.9 Å². The van der Waals surface area contributed by atoms with Gasteiger partial charge in [0.1, 0.15) is 0 Å². The average molecular weight is 312 g/mol. The molecule has 0 aromatic carbocycles. The van der Waals surface area contributed by atoms with Gasteiger partial charge in [0.2, 0.25) is 6.29 Å². The van der Waals surface area contributed by atoms with Crippen molar-refractivity contribution in [2.24, 2.45) is 5.92 Å². The molecule has 0 amide bonds. The van der Waals surface area contributed by atoms with Crippen LogP contribution in [0.15, 0.2) is 0 Å². The monoisotopic (exact) mass is 312 g/mol. The number of carbonyl (C=O) groups is 1. The van der Waals surface area contributed by atoms with Crippen molar-refractivity contribution in [3.8, 4) is 0 Å². The summed E-state index contributed by atoms with van der Waals surface area (Å²) in [5, 5.41) is 0. The second-order valence-electron chi connectivity index (χ2n) is 4.87. The number of rotatable bonds is 9. The van der Waals surface area contributed by atoms with Gasteiger partial charge < -0.3 is 14.4 Å². The standard InChI is InChI=1S/C12H25O7P/c1-6-7-10(4)8-16-20(14,15)19-11(5)18-12(13)17-9(2)3/h9-11H,6-8H2,1-5H3,(H,14,15). The minimum atomic E-state index is -4.25. The van der Waals surface area contributed by atoms with Gasteiger partial charge in [0.05, 0.1) is 12.7 Å². The first-order chi connectivity index (χ1) is 9.16. The quantitative estimate of drug-likeness (QED) is 0.396. The van der Waals surface area contributed by atoms with E-state index in [4.69, 9.17) is 9.26 Å². The molecule has 1 N–H and O–H groups in total. The van der Waals surface area contributed by atoms with Crippen LogP contribution < -0.4 is 0 Å². The number of phosphoric ester groups is 1. The van der Waals surface area contributed by atoms with E-state index in [0.717, 1.165) is 12.8 Å². The molecule has 7 nitrogen and oxygen atoms in total. The van der Waals surface area contributed by atoms with Crippen LogP contribution in [0.2, 0.25) is 0 Å². The van der Waals surface area contributed by atoms with Crippen molar-refractivity contribution < 1.29 is 32.8 Å². The van der Waals surface area contributed by atoms with Gasteiger partial charge in [0, 0.05) is 0 Å². The molecule has 120 valence electrons. The molecule has 8 heteroatoms. The number of ether oxygens (including phenoxy) is 2. The lowest BCUT2D eigenvalue weighted by atomic mass is 10.1. The van der Waals surface area contributed by atoms with E-state index in [1.807, 2.05) is 13.8 Å². The van der Waals surface area contributed by atoms with Crippen molar-refractivity contribution in [3.05, 3.63) is 0 Å². The van der Waals surface area contributed by atoms with Crippen LogP contribution in [0.25, 0.3) is 0 Å². The van der Waals surface area contributed by atoms with E-state index in [0.29, 0.717) is 0 Å². The van der Waals surface area contributed by atoms with Crippen LogP contribution in [-0.4, -0.2) is 30.0 Å². The summed E-state index contributed by atoms with van der Waals surface area (Å²) in [4.78, 5) is 20.6. The van der Waals surface area contributed by atoms with Crippen molar-refractivity contribution in [1.29, 1.82) is 0 Å². The number of hydrogen-bond acceptors (Lipinski definition) is 6. The lowest BCUT2D eigenvalue weighted by molar-refractivity contribution is -0.0740. The van der Waals surface area contributed by atoms with Crippen molar-refractivity contribution in [1.82, 2.24) is 0 Å². The maximum absolute atomic E-state index is 11.6. The number of phosphoric acid groups is 1. The molecule has 0 aliphatic carbocycles. The van der Waals surface area contributed by atoms with Crippen LogP contribution in [0.3, 0.4) is 0 Å². The van der Waals surface area contributed by atoms with Gasteiger partial charge in [-0.15, -0.1) is 0 Å². The zero-order chi connectivity index (χ0) is 15.8. The van der Waals surface area contributed by atoms with Crippen LogP contribution in [-0.2, 0) is 23.1 Å². The summed E-state index contributed by atoms with van der Waals surface area (Å²) in [5.41, 5.74) is 0. The van der Waals surface area contributed by atoms with Gasteiger partial charge in [-0.3, -0.25) is 4.52 Å². The number of hydrogen-bond donors (Lipinski definition) is 1. The van der Waals surface area contributed by atoms with Crippen molar-refractivity contribution in [2.45, 2.75) is 59.9 Å². The highest BCUT2D eigenvalue weighted by Gasteiger charge is 2.27. The van der Waals surface area contributed by atoms with E-state index in [-0.39, 0.29) is 18.6 Å². The number of carbonyl (C=O) groups excluding carboxylic acids is 1. The molecule has 0 heterocycles. The first-order valence-corrected chi connectivity index (χ1v) is 8.18. The lowest BCUT2D eigenvalue weighted by Crippen LogP contribution is -2.21. The summed E-state index contributed by atoms with van der Waals surface area (Å²) >= 11 is 0. The fourth-order valence-electron chi connectivity index (χ4n) is 1.39. The van der Waals surface area contributed by atoms with Gasteiger partial charge in [-0.2, -0.15) is 0 Å². The summed E-state index contributed by atoms with van der Waals surface area (Å²) in [7, 11) is -4.25. The Morgan fingerprint density at radius 2 is 1.80 bits per heavy atom. The van der Waals surface area contributed by atoms with Crippen LogP contribution in [0.5, 0.6) is 0 Å². The topological polar surface area (TPSA) is 91.3 Å². The molecular weight excluding hydrogens is 287 g/mol. The van der Waals surface area contributed by atoms with Crippen LogP contribution >= 0.6 is 7.82 Å². The van der Waals surface area contributed by atoms with Crippen molar-refractivity contribution in [3.63, 3.8) is 0 Å². The second-order valence-corrected chi connectivity index (χ2v) is 6.27.